The van der Waals surface area contributed by atoms with Crippen LogP contribution in [0, 0.1) is 5.92 Å². The zero-order valence-corrected chi connectivity index (χ0v) is 8.27. The molecule has 0 bridgehead atoms. The summed E-state index contributed by atoms with van der Waals surface area (Å²) in [5.74, 6) is 1.78. The fourth-order valence-electron chi connectivity index (χ4n) is 1.53. The molecule has 2 atom stereocenters. The molecule has 14 heavy (non-hydrogen) atoms. The van der Waals surface area contributed by atoms with Crippen LogP contribution in [0.2, 0.25) is 0 Å². The van der Waals surface area contributed by atoms with Gasteiger partial charge in [0.2, 0.25) is 5.89 Å². The van der Waals surface area contributed by atoms with E-state index in [1.165, 1.54) is 0 Å². The fraction of sp³-hybridized carbons (Fsp3) is 0.778. The minimum atomic E-state index is -0.160. The van der Waals surface area contributed by atoms with E-state index in [2.05, 4.69) is 10.1 Å². The van der Waals surface area contributed by atoms with Crippen LogP contribution < -0.4 is 5.73 Å². The van der Waals surface area contributed by atoms with Crippen molar-refractivity contribution in [1.82, 2.24) is 10.1 Å². The molecule has 0 saturated carbocycles. The first-order valence-electron chi connectivity index (χ1n) is 4.91. The van der Waals surface area contributed by atoms with Crippen LogP contribution in [0.15, 0.2) is 4.52 Å². The molecule has 1 fully saturated rings. The Labute approximate surface area is 82.6 Å². The van der Waals surface area contributed by atoms with Gasteiger partial charge in [0, 0.05) is 19.6 Å². The average molecular weight is 197 g/mol. The first kappa shape index (κ1) is 9.61. The van der Waals surface area contributed by atoms with Gasteiger partial charge < -0.3 is 15.0 Å². The molecular weight excluding hydrogens is 182 g/mol. The molecule has 0 amide bonds. The van der Waals surface area contributed by atoms with Crippen LogP contribution in [0.5, 0.6) is 0 Å². The predicted octanol–water partition coefficient (Wildman–Crippen LogP) is 0.668. The standard InChI is InChI=1S/C9H15N3O2/c1-6(10)9-11-8(14-12-9)4-7-2-3-13-5-7/h6-7H,2-5,10H2,1H3. The third-order valence-electron chi connectivity index (χ3n) is 2.38. The lowest BCUT2D eigenvalue weighted by molar-refractivity contribution is 0.183. The van der Waals surface area contributed by atoms with Crippen molar-refractivity contribution < 1.29 is 9.26 Å². The molecule has 0 aliphatic carbocycles. The van der Waals surface area contributed by atoms with E-state index in [0.717, 1.165) is 26.1 Å². The summed E-state index contributed by atoms with van der Waals surface area (Å²) in [6, 6.07) is -0.160. The van der Waals surface area contributed by atoms with Crippen LogP contribution in [-0.2, 0) is 11.2 Å². The Morgan fingerprint density at radius 2 is 2.50 bits per heavy atom. The Kier molecular flexibility index (Phi) is 2.79. The monoisotopic (exact) mass is 197 g/mol. The summed E-state index contributed by atoms with van der Waals surface area (Å²) >= 11 is 0. The van der Waals surface area contributed by atoms with Gasteiger partial charge in [0.15, 0.2) is 5.82 Å². The molecule has 5 nitrogen and oxygen atoms in total. The first-order chi connectivity index (χ1) is 6.75. The Morgan fingerprint density at radius 1 is 1.64 bits per heavy atom. The minimum absolute atomic E-state index is 0.160. The lowest BCUT2D eigenvalue weighted by Gasteiger charge is -2.00. The largest absolute Gasteiger partial charge is 0.381 e. The predicted molar refractivity (Wildman–Crippen MR) is 49.5 cm³/mol. The summed E-state index contributed by atoms with van der Waals surface area (Å²) in [5, 5.41) is 3.81. The van der Waals surface area contributed by atoms with Gasteiger partial charge in [-0.2, -0.15) is 4.98 Å². The fourth-order valence-corrected chi connectivity index (χ4v) is 1.53. The van der Waals surface area contributed by atoms with Crippen LogP contribution in [0.1, 0.15) is 31.1 Å². The Hall–Kier alpha value is -0.940. The second-order valence-electron chi connectivity index (χ2n) is 3.77. The molecule has 2 heterocycles. The second kappa shape index (κ2) is 4.06. The van der Waals surface area contributed by atoms with Crippen LogP contribution >= 0.6 is 0 Å². The van der Waals surface area contributed by atoms with Gasteiger partial charge in [-0.1, -0.05) is 5.16 Å². The molecule has 78 valence electrons. The average Bonchev–Trinajstić information content (AvgIpc) is 2.75. The first-order valence-corrected chi connectivity index (χ1v) is 4.91. The Morgan fingerprint density at radius 3 is 3.07 bits per heavy atom. The molecule has 1 aromatic heterocycles. The molecule has 2 rings (SSSR count). The van der Waals surface area contributed by atoms with Crippen molar-refractivity contribution in [3.8, 4) is 0 Å². The topological polar surface area (TPSA) is 74.2 Å². The summed E-state index contributed by atoms with van der Waals surface area (Å²) < 4.78 is 10.4. The number of hydrogen-bond donors (Lipinski definition) is 1. The third kappa shape index (κ3) is 2.10. The van der Waals surface area contributed by atoms with E-state index in [1.807, 2.05) is 6.92 Å². The van der Waals surface area contributed by atoms with Crippen LogP contribution in [0.4, 0.5) is 0 Å². The van der Waals surface area contributed by atoms with E-state index in [4.69, 9.17) is 15.0 Å². The SMILES string of the molecule is CC(N)c1noc(CC2CCOC2)n1. The lowest BCUT2D eigenvalue weighted by Crippen LogP contribution is -2.08. The summed E-state index contributed by atoms with van der Waals surface area (Å²) in [5.41, 5.74) is 5.63. The van der Waals surface area contributed by atoms with Gasteiger partial charge in [-0.25, -0.2) is 0 Å². The van der Waals surface area contributed by atoms with Crippen LogP contribution in [-0.4, -0.2) is 23.4 Å². The van der Waals surface area contributed by atoms with Crippen molar-refractivity contribution in [3.63, 3.8) is 0 Å². The number of nitrogens with two attached hydrogens (primary N) is 1. The van der Waals surface area contributed by atoms with E-state index in [0.29, 0.717) is 17.6 Å². The molecule has 1 aliphatic heterocycles. The van der Waals surface area contributed by atoms with E-state index in [1.54, 1.807) is 0 Å². The Bertz CT molecular complexity index is 292. The molecule has 1 aliphatic rings. The van der Waals surface area contributed by atoms with Gasteiger partial charge in [-0.15, -0.1) is 0 Å². The third-order valence-corrected chi connectivity index (χ3v) is 2.38. The van der Waals surface area contributed by atoms with Crippen molar-refractivity contribution in [2.45, 2.75) is 25.8 Å². The maximum Gasteiger partial charge on any atom is 0.227 e. The van der Waals surface area contributed by atoms with E-state index < -0.39 is 0 Å². The molecule has 1 saturated heterocycles. The highest BCUT2D eigenvalue weighted by Crippen LogP contribution is 2.17. The quantitative estimate of drug-likeness (QED) is 0.770. The molecule has 2 N–H and O–H groups in total. The van der Waals surface area contributed by atoms with Crippen molar-refractivity contribution in [2.75, 3.05) is 13.2 Å². The molecular formula is C9H15N3O2. The van der Waals surface area contributed by atoms with Gasteiger partial charge in [-0.3, -0.25) is 0 Å². The molecule has 0 radical (unpaired) electrons. The number of rotatable bonds is 3. The van der Waals surface area contributed by atoms with Gasteiger partial charge in [0.25, 0.3) is 0 Å². The van der Waals surface area contributed by atoms with E-state index >= 15 is 0 Å². The summed E-state index contributed by atoms with van der Waals surface area (Å²) in [6.07, 6.45) is 1.88. The lowest BCUT2D eigenvalue weighted by atomic mass is 10.1. The van der Waals surface area contributed by atoms with E-state index in [9.17, 15) is 0 Å². The summed E-state index contributed by atoms with van der Waals surface area (Å²) in [7, 11) is 0. The zero-order valence-electron chi connectivity index (χ0n) is 8.27. The van der Waals surface area contributed by atoms with Crippen LogP contribution in [0.3, 0.4) is 0 Å². The second-order valence-corrected chi connectivity index (χ2v) is 3.77. The highest BCUT2D eigenvalue weighted by Gasteiger charge is 2.19. The van der Waals surface area contributed by atoms with Crippen molar-refractivity contribution >= 4 is 0 Å². The molecule has 0 spiro atoms. The summed E-state index contributed by atoms with van der Waals surface area (Å²) in [4.78, 5) is 4.21. The number of ether oxygens (including phenoxy) is 1. The smallest absolute Gasteiger partial charge is 0.227 e. The number of hydrogen-bond acceptors (Lipinski definition) is 5. The molecule has 0 aromatic carbocycles. The van der Waals surface area contributed by atoms with Crippen molar-refractivity contribution in [3.05, 3.63) is 11.7 Å². The maximum absolute atomic E-state index is 5.63. The van der Waals surface area contributed by atoms with Crippen molar-refractivity contribution in [2.24, 2.45) is 11.7 Å². The van der Waals surface area contributed by atoms with Gasteiger partial charge >= 0.3 is 0 Å². The molecule has 1 aromatic rings. The normalized spacial score (nSPS) is 24.0. The van der Waals surface area contributed by atoms with Gasteiger partial charge in [0.05, 0.1) is 6.04 Å². The molecule has 2 unspecified atom stereocenters. The highest BCUT2D eigenvalue weighted by molar-refractivity contribution is 4.92. The molecule has 5 heteroatoms. The minimum Gasteiger partial charge on any atom is -0.381 e. The zero-order chi connectivity index (χ0) is 9.97. The number of nitrogens with zero attached hydrogens (tertiary/aromatic N) is 2. The van der Waals surface area contributed by atoms with E-state index in [-0.39, 0.29) is 6.04 Å². The summed E-state index contributed by atoms with van der Waals surface area (Å²) in [6.45, 7) is 3.49. The van der Waals surface area contributed by atoms with Gasteiger partial charge in [0.1, 0.15) is 0 Å². The Balaban J connectivity index is 1.95. The van der Waals surface area contributed by atoms with Gasteiger partial charge in [-0.05, 0) is 19.3 Å². The number of aromatic nitrogens is 2. The maximum atomic E-state index is 5.63. The highest BCUT2D eigenvalue weighted by atomic mass is 16.5. The van der Waals surface area contributed by atoms with Crippen LogP contribution in [0.25, 0.3) is 0 Å². The van der Waals surface area contributed by atoms with Crippen molar-refractivity contribution in [1.29, 1.82) is 0 Å².